The Morgan fingerprint density at radius 3 is 2.44 bits per heavy atom. The van der Waals surface area contributed by atoms with Gasteiger partial charge in [0.25, 0.3) is 0 Å². The predicted octanol–water partition coefficient (Wildman–Crippen LogP) is 3.68. The van der Waals surface area contributed by atoms with Crippen LogP contribution in [0.2, 0.25) is 0 Å². The van der Waals surface area contributed by atoms with E-state index in [0.29, 0.717) is 38.3 Å². The zero-order valence-corrected chi connectivity index (χ0v) is 19.3. The van der Waals surface area contributed by atoms with Crippen LogP contribution in [-0.2, 0) is 11.2 Å². The number of rotatable bonds is 8. The molecule has 1 atom stereocenters. The summed E-state index contributed by atoms with van der Waals surface area (Å²) in [7, 11) is 1.62. The molecule has 1 heterocycles. The molecule has 32 heavy (non-hydrogen) atoms. The van der Waals surface area contributed by atoms with Gasteiger partial charge in [-0.15, -0.1) is 0 Å². The lowest BCUT2D eigenvalue weighted by Crippen LogP contribution is -2.38. The van der Waals surface area contributed by atoms with Crippen molar-refractivity contribution in [2.24, 2.45) is 0 Å². The fraction of sp³-hybridized carbons (Fsp3) is 0.423. The SMILES string of the molecule is COc1ccc(OCC(O)CN2CCC(=O)N(CC=C(C)C)CCc3ccccc32)cc1. The molecule has 2 aromatic rings. The van der Waals surface area contributed by atoms with Crippen LogP contribution in [0.25, 0.3) is 0 Å². The molecule has 1 aliphatic rings. The summed E-state index contributed by atoms with van der Waals surface area (Å²) < 4.78 is 10.9. The number of ether oxygens (including phenoxy) is 2. The van der Waals surface area contributed by atoms with E-state index in [4.69, 9.17) is 9.47 Å². The van der Waals surface area contributed by atoms with E-state index in [-0.39, 0.29) is 12.5 Å². The molecule has 0 aliphatic carbocycles. The van der Waals surface area contributed by atoms with Gasteiger partial charge in [0.2, 0.25) is 5.91 Å². The van der Waals surface area contributed by atoms with Crippen LogP contribution in [0.4, 0.5) is 5.69 Å². The number of amides is 1. The summed E-state index contributed by atoms with van der Waals surface area (Å²) in [5.74, 6) is 1.58. The minimum atomic E-state index is -0.692. The van der Waals surface area contributed by atoms with Gasteiger partial charge < -0.3 is 24.4 Å². The standard InChI is InChI=1S/C26H34N2O4/c1-20(2)12-15-27-16-13-21-6-4-5-7-25(21)28(17-14-26(27)30)18-22(29)19-32-24-10-8-23(31-3)9-11-24/h4-12,22,29H,13-19H2,1-3H3. The van der Waals surface area contributed by atoms with E-state index in [0.717, 1.165) is 17.9 Å². The Hall–Kier alpha value is -2.99. The van der Waals surface area contributed by atoms with Crippen molar-refractivity contribution in [2.45, 2.75) is 32.8 Å². The number of para-hydroxylation sites is 1. The number of aliphatic hydroxyl groups excluding tert-OH is 1. The molecular formula is C26H34N2O4. The number of β-amino-alcohol motifs (C(OH)–C–C–N with tert-alkyl or cyclic N) is 1. The predicted molar refractivity (Wildman–Crippen MR) is 127 cm³/mol. The van der Waals surface area contributed by atoms with Gasteiger partial charge in [0.1, 0.15) is 24.2 Å². The summed E-state index contributed by atoms with van der Waals surface area (Å²) in [6, 6.07) is 15.5. The van der Waals surface area contributed by atoms with Crippen LogP contribution in [0.5, 0.6) is 11.5 Å². The smallest absolute Gasteiger partial charge is 0.224 e. The van der Waals surface area contributed by atoms with Gasteiger partial charge in [-0.3, -0.25) is 4.79 Å². The number of allylic oxidation sites excluding steroid dienone is 1. The molecular weight excluding hydrogens is 404 g/mol. The lowest BCUT2D eigenvalue weighted by molar-refractivity contribution is -0.130. The average Bonchev–Trinajstić information content (AvgIpc) is 2.86. The lowest BCUT2D eigenvalue weighted by Gasteiger charge is -2.28. The highest BCUT2D eigenvalue weighted by molar-refractivity contribution is 5.77. The van der Waals surface area contributed by atoms with Gasteiger partial charge in [-0.2, -0.15) is 0 Å². The highest BCUT2D eigenvalue weighted by Crippen LogP contribution is 2.24. The summed E-state index contributed by atoms with van der Waals surface area (Å²) in [6.45, 7) is 6.55. The van der Waals surface area contributed by atoms with Crippen LogP contribution in [0, 0.1) is 0 Å². The number of carbonyl (C=O) groups excluding carboxylic acids is 1. The highest BCUT2D eigenvalue weighted by atomic mass is 16.5. The third-order valence-electron chi connectivity index (χ3n) is 5.58. The topological polar surface area (TPSA) is 62.2 Å². The first-order chi connectivity index (χ1) is 15.5. The normalized spacial score (nSPS) is 15.2. The fourth-order valence-corrected chi connectivity index (χ4v) is 3.77. The number of anilines is 1. The quantitative estimate of drug-likeness (QED) is 0.637. The van der Waals surface area contributed by atoms with E-state index >= 15 is 0 Å². The second-order valence-electron chi connectivity index (χ2n) is 8.34. The number of methoxy groups -OCH3 is 1. The molecule has 1 N–H and O–H groups in total. The number of carbonyl (C=O) groups is 1. The van der Waals surface area contributed by atoms with E-state index in [1.807, 2.05) is 55.1 Å². The zero-order chi connectivity index (χ0) is 22.9. The third kappa shape index (κ3) is 6.76. The first-order valence-electron chi connectivity index (χ1n) is 11.1. The molecule has 2 aromatic carbocycles. The van der Waals surface area contributed by atoms with Gasteiger partial charge >= 0.3 is 0 Å². The summed E-state index contributed by atoms with van der Waals surface area (Å²) in [5.41, 5.74) is 3.47. The van der Waals surface area contributed by atoms with Crippen molar-refractivity contribution in [3.8, 4) is 11.5 Å². The maximum Gasteiger partial charge on any atom is 0.224 e. The molecule has 0 fully saturated rings. The molecule has 0 saturated carbocycles. The molecule has 0 radical (unpaired) electrons. The maximum absolute atomic E-state index is 12.9. The first kappa shape index (κ1) is 23.7. The van der Waals surface area contributed by atoms with Crippen molar-refractivity contribution in [2.75, 3.05) is 44.8 Å². The number of benzene rings is 2. The van der Waals surface area contributed by atoms with Gasteiger partial charge in [0.05, 0.1) is 7.11 Å². The maximum atomic E-state index is 12.9. The second kappa shape index (κ2) is 11.6. The Morgan fingerprint density at radius 1 is 1.03 bits per heavy atom. The van der Waals surface area contributed by atoms with Crippen molar-refractivity contribution in [3.05, 3.63) is 65.7 Å². The zero-order valence-electron chi connectivity index (χ0n) is 19.3. The van der Waals surface area contributed by atoms with Crippen molar-refractivity contribution in [3.63, 3.8) is 0 Å². The van der Waals surface area contributed by atoms with Gasteiger partial charge in [0.15, 0.2) is 0 Å². The van der Waals surface area contributed by atoms with Crippen molar-refractivity contribution in [1.82, 2.24) is 4.90 Å². The molecule has 0 bridgehead atoms. The summed E-state index contributed by atoms with van der Waals surface area (Å²) >= 11 is 0. The monoisotopic (exact) mass is 438 g/mol. The van der Waals surface area contributed by atoms with Gasteiger partial charge in [0, 0.05) is 38.3 Å². The van der Waals surface area contributed by atoms with Crippen LogP contribution in [0.3, 0.4) is 0 Å². The summed E-state index contributed by atoms with van der Waals surface area (Å²) in [6.07, 6.45) is 2.60. The molecule has 1 unspecified atom stereocenters. The molecule has 0 saturated heterocycles. The fourth-order valence-electron chi connectivity index (χ4n) is 3.77. The molecule has 1 aliphatic heterocycles. The number of nitrogens with zero attached hydrogens (tertiary/aromatic N) is 2. The van der Waals surface area contributed by atoms with Crippen molar-refractivity contribution < 1.29 is 19.4 Å². The second-order valence-corrected chi connectivity index (χ2v) is 8.34. The minimum absolute atomic E-state index is 0.143. The van der Waals surface area contributed by atoms with E-state index in [2.05, 4.69) is 23.1 Å². The van der Waals surface area contributed by atoms with Gasteiger partial charge in [-0.1, -0.05) is 29.8 Å². The molecule has 3 rings (SSSR count). The van der Waals surface area contributed by atoms with Crippen LogP contribution in [0.1, 0.15) is 25.8 Å². The molecule has 0 spiro atoms. The van der Waals surface area contributed by atoms with Crippen LogP contribution < -0.4 is 14.4 Å². The Bertz CT molecular complexity index is 906. The molecule has 6 heteroatoms. The van der Waals surface area contributed by atoms with E-state index in [9.17, 15) is 9.90 Å². The van der Waals surface area contributed by atoms with Crippen LogP contribution >= 0.6 is 0 Å². The number of aliphatic hydroxyl groups is 1. The number of hydrogen-bond donors (Lipinski definition) is 1. The molecule has 1 amide bonds. The molecule has 172 valence electrons. The number of fused-ring (bicyclic) bond motifs is 1. The minimum Gasteiger partial charge on any atom is -0.497 e. The van der Waals surface area contributed by atoms with Crippen molar-refractivity contribution >= 4 is 11.6 Å². The van der Waals surface area contributed by atoms with Gasteiger partial charge in [-0.25, -0.2) is 0 Å². The van der Waals surface area contributed by atoms with Crippen molar-refractivity contribution in [1.29, 1.82) is 0 Å². The van der Waals surface area contributed by atoms with Gasteiger partial charge in [-0.05, 0) is 56.2 Å². The highest BCUT2D eigenvalue weighted by Gasteiger charge is 2.22. The first-order valence-corrected chi connectivity index (χ1v) is 11.1. The van der Waals surface area contributed by atoms with E-state index in [1.54, 1.807) is 7.11 Å². The Kier molecular flexibility index (Phi) is 8.56. The largest absolute Gasteiger partial charge is 0.497 e. The lowest BCUT2D eigenvalue weighted by atomic mass is 10.1. The molecule has 0 aromatic heterocycles. The van der Waals surface area contributed by atoms with Crippen LogP contribution in [-0.4, -0.2) is 61.9 Å². The average molecular weight is 439 g/mol. The molecule has 6 nitrogen and oxygen atoms in total. The third-order valence-corrected chi connectivity index (χ3v) is 5.58. The van der Waals surface area contributed by atoms with E-state index in [1.165, 1.54) is 11.1 Å². The van der Waals surface area contributed by atoms with E-state index < -0.39 is 6.10 Å². The Balaban J connectivity index is 1.67. The summed E-state index contributed by atoms with van der Waals surface area (Å²) in [4.78, 5) is 16.9. The summed E-state index contributed by atoms with van der Waals surface area (Å²) in [5, 5.41) is 10.7. The van der Waals surface area contributed by atoms with Crippen LogP contribution in [0.15, 0.2) is 60.2 Å². The number of hydrogen-bond acceptors (Lipinski definition) is 5. The Labute approximate surface area is 191 Å². The Morgan fingerprint density at radius 2 is 1.72 bits per heavy atom.